The Morgan fingerprint density at radius 3 is 2.85 bits per heavy atom. The number of amides is 1. The van der Waals surface area contributed by atoms with Crippen LogP contribution in [0.25, 0.3) is 12.2 Å². The summed E-state index contributed by atoms with van der Waals surface area (Å²) in [5, 5.41) is 11.0. The lowest BCUT2D eigenvalue weighted by Crippen LogP contribution is -2.30. The van der Waals surface area contributed by atoms with Gasteiger partial charge in [0, 0.05) is 10.8 Å². The Bertz CT molecular complexity index is 919. The summed E-state index contributed by atoms with van der Waals surface area (Å²) in [6.45, 7) is 1.96. The van der Waals surface area contributed by atoms with Crippen molar-refractivity contribution in [2.75, 3.05) is 0 Å². The Balaban J connectivity index is 2.19. The summed E-state index contributed by atoms with van der Waals surface area (Å²) in [5.74, 6) is -0.620. The summed E-state index contributed by atoms with van der Waals surface area (Å²) in [7, 11) is 0. The van der Waals surface area contributed by atoms with E-state index in [1.165, 1.54) is 6.08 Å². The molecule has 2 N–H and O–H groups in total. The molecule has 0 unspecified atom stereocenters. The van der Waals surface area contributed by atoms with E-state index < -0.39 is 0 Å². The van der Waals surface area contributed by atoms with Crippen LogP contribution in [0.15, 0.2) is 33.6 Å². The molecule has 1 aliphatic rings. The van der Waals surface area contributed by atoms with Crippen molar-refractivity contribution in [1.82, 2.24) is 4.98 Å². The van der Waals surface area contributed by atoms with Crippen molar-refractivity contribution in [3.8, 4) is 5.88 Å². The number of carbonyl (C=O) groups is 1. The van der Waals surface area contributed by atoms with Gasteiger partial charge in [-0.15, -0.1) is 0 Å². The molecule has 2 heterocycles. The summed E-state index contributed by atoms with van der Waals surface area (Å²) in [4.78, 5) is 29.3. The van der Waals surface area contributed by atoms with Crippen molar-refractivity contribution in [2.24, 2.45) is 4.99 Å². The van der Waals surface area contributed by atoms with Crippen LogP contribution in [0.5, 0.6) is 5.88 Å². The number of thiazole rings is 1. The fourth-order valence-electron chi connectivity index (χ4n) is 1.97. The van der Waals surface area contributed by atoms with Crippen molar-refractivity contribution in [3.05, 3.63) is 54.5 Å². The molecule has 0 atom stereocenters. The maximum Gasteiger partial charge on any atom is 0.307 e. The first kappa shape index (κ1) is 12.6. The van der Waals surface area contributed by atoms with E-state index in [1.807, 2.05) is 19.1 Å². The summed E-state index contributed by atoms with van der Waals surface area (Å²) in [6, 6.07) is 5.61. The fourth-order valence-corrected chi connectivity index (χ4v) is 2.65. The minimum atomic E-state index is -0.387. The van der Waals surface area contributed by atoms with E-state index in [1.54, 1.807) is 12.1 Å². The molecule has 0 bridgehead atoms. The maximum atomic E-state index is 11.9. The molecule has 1 aliphatic heterocycles. The molecule has 0 aliphatic carbocycles. The number of hydrogen-bond donors (Lipinski definition) is 2. The van der Waals surface area contributed by atoms with Crippen LogP contribution >= 0.6 is 11.3 Å². The number of nitrogens with one attached hydrogen (secondary N) is 1. The van der Waals surface area contributed by atoms with Gasteiger partial charge in [0.15, 0.2) is 0 Å². The highest BCUT2D eigenvalue weighted by Gasteiger charge is 2.13. The molecule has 0 fully saturated rings. The van der Waals surface area contributed by atoms with E-state index in [9.17, 15) is 14.7 Å². The molecule has 100 valence electrons. The van der Waals surface area contributed by atoms with Gasteiger partial charge in [-0.05, 0) is 31.2 Å². The lowest BCUT2D eigenvalue weighted by molar-refractivity contribution is -0.114. The molecular formula is C14H10N2O3S. The molecular weight excluding hydrogens is 276 g/mol. The number of hydrogen-bond acceptors (Lipinski definition) is 4. The first-order valence-electron chi connectivity index (χ1n) is 5.88. The molecule has 3 rings (SSSR count). The second-order valence-corrected chi connectivity index (χ2v) is 5.47. The number of benzene rings is 1. The SMILES string of the molecule is Cc1ccc2c(c1)=C/C(=C/c1sc(=O)[nH]c1O)C(=O)N=2. The number of aromatic hydroxyl groups is 1. The zero-order valence-electron chi connectivity index (χ0n) is 10.5. The van der Waals surface area contributed by atoms with Gasteiger partial charge in [-0.1, -0.05) is 23.0 Å². The normalized spacial score (nSPS) is 15.7. The van der Waals surface area contributed by atoms with Crippen molar-refractivity contribution >= 4 is 29.4 Å². The van der Waals surface area contributed by atoms with Crippen LogP contribution in [0.2, 0.25) is 0 Å². The minimum absolute atomic E-state index is 0.233. The van der Waals surface area contributed by atoms with Gasteiger partial charge in [0.1, 0.15) is 0 Å². The summed E-state index contributed by atoms with van der Waals surface area (Å²) in [5.41, 5.74) is 1.41. The van der Waals surface area contributed by atoms with Gasteiger partial charge in [0.2, 0.25) is 5.88 Å². The second-order valence-electron chi connectivity index (χ2n) is 4.45. The maximum absolute atomic E-state index is 11.9. The quantitative estimate of drug-likeness (QED) is 0.748. The smallest absolute Gasteiger partial charge is 0.307 e. The van der Waals surface area contributed by atoms with Gasteiger partial charge >= 0.3 is 4.87 Å². The van der Waals surface area contributed by atoms with Gasteiger partial charge in [-0.25, -0.2) is 4.99 Å². The van der Waals surface area contributed by atoms with E-state index in [0.717, 1.165) is 22.1 Å². The topological polar surface area (TPSA) is 82.5 Å². The molecule has 0 radical (unpaired) electrons. The van der Waals surface area contributed by atoms with Crippen LogP contribution < -0.4 is 15.4 Å². The number of aromatic amines is 1. The van der Waals surface area contributed by atoms with Gasteiger partial charge in [0.05, 0.1) is 10.2 Å². The third-order valence-electron chi connectivity index (χ3n) is 2.91. The van der Waals surface area contributed by atoms with E-state index >= 15 is 0 Å². The number of aryl methyl sites for hydroxylation is 1. The standard InChI is InChI=1S/C14H10N2O3S/c1-7-2-3-10-8(4-7)5-9(12(17)15-10)6-11-13(18)16-14(19)20-11/h2-6,18H,1H3,(H,16,19)/b9-6-. The average Bonchev–Trinajstić information content (AvgIpc) is 2.69. The van der Waals surface area contributed by atoms with Crippen LogP contribution in [0.1, 0.15) is 10.4 Å². The van der Waals surface area contributed by atoms with Crippen molar-refractivity contribution in [1.29, 1.82) is 0 Å². The second kappa shape index (κ2) is 4.57. The predicted molar refractivity (Wildman–Crippen MR) is 76.0 cm³/mol. The van der Waals surface area contributed by atoms with Crippen LogP contribution in [0, 0.1) is 6.92 Å². The Morgan fingerprint density at radius 1 is 1.35 bits per heavy atom. The average molecular weight is 286 g/mol. The molecule has 0 saturated heterocycles. The van der Waals surface area contributed by atoms with Crippen LogP contribution in [-0.4, -0.2) is 16.0 Å². The zero-order chi connectivity index (χ0) is 14.3. The Hall–Kier alpha value is -2.47. The fraction of sp³-hybridized carbons (Fsp3) is 0.0714. The van der Waals surface area contributed by atoms with E-state index in [-0.39, 0.29) is 16.7 Å². The lowest BCUT2D eigenvalue weighted by atomic mass is 10.1. The van der Waals surface area contributed by atoms with Gasteiger partial charge < -0.3 is 5.11 Å². The summed E-state index contributed by atoms with van der Waals surface area (Å²) < 4.78 is 0. The third-order valence-corrected chi connectivity index (χ3v) is 3.72. The van der Waals surface area contributed by atoms with Crippen molar-refractivity contribution < 1.29 is 9.90 Å². The Labute approximate surface area is 117 Å². The first-order chi connectivity index (χ1) is 9.52. The highest BCUT2D eigenvalue weighted by Crippen LogP contribution is 2.20. The van der Waals surface area contributed by atoms with Gasteiger partial charge in [0.25, 0.3) is 5.91 Å². The third kappa shape index (κ3) is 2.21. The molecule has 5 nitrogen and oxygen atoms in total. The molecule has 1 aromatic carbocycles. The highest BCUT2D eigenvalue weighted by molar-refractivity contribution is 7.10. The van der Waals surface area contributed by atoms with Crippen LogP contribution in [0.3, 0.4) is 0 Å². The molecule has 0 spiro atoms. The summed E-state index contributed by atoms with van der Waals surface area (Å²) in [6.07, 6.45) is 3.18. The monoisotopic (exact) mass is 286 g/mol. The number of H-pyrrole nitrogens is 1. The van der Waals surface area contributed by atoms with Crippen LogP contribution in [0.4, 0.5) is 0 Å². The van der Waals surface area contributed by atoms with Gasteiger partial charge in [-0.3, -0.25) is 14.6 Å². The first-order valence-corrected chi connectivity index (χ1v) is 6.70. The molecule has 6 heteroatoms. The molecule has 20 heavy (non-hydrogen) atoms. The molecule has 0 saturated carbocycles. The summed E-state index contributed by atoms with van der Waals surface area (Å²) >= 11 is 0.843. The number of aromatic nitrogens is 1. The zero-order valence-corrected chi connectivity index (χ0v) is 11.3. The van der Waals surface area contributed by atoms with Gasteiger partial charge in [-0.2, -0.15) is 0 Å². The lowest BCUT2D eigenvalue weighted by Gasteiger charge is -2.03. The predicted octanol–water partition coefficient (Wildman–Crippen LogP) is 0.474. The number of carbonyl (C=O) groups excluding carboxylic acids is 1. The largest absolute Gasteiger partial charge is 0.493 e. The number of nitrogens with zero attached hydrogens (tertiary/aromatic N) is 1. The van der Waals surface area contributed by atoms with Crippen molar-refractivity contribution in [3.63, 3.8) is 0 Å². The molecule has 1 aromatic heterocycles. The molecule has 1 amide bonds. The Morgan fingerprint density at radius 2 is 2.15 bits per heavy atom. The Kier molecular flexibility index (Phi) is 2.87. The van der Waals surface area contributed by atoms with Crippen LogP contribution in [-0.2, 0) is 4.79 Å². The number of fused-ring (bicyclic) bond motifs is 1. The minimum Gasteiger partial charge on any atom is -0.493 e. The highest BCUT2D eigenvalue weighted by atomic mass is 32.1. The molecule has 2 aromatic rings. The van der Waals surface area contributed by atoms with E-state index in [4.69, 9.17) is 0 Å². The van der Waals surface area contributed by atoms with Crippen molar-refractivity contribution in [2.45, 2.75) is 6.92 Å². The number of rotatable bonds is 1. The van der Waals surface area contributed by atoms with E-state index in [0.29, 0.717) is 15.8 Å². The van der Waals surface area contributed by atoms with E-state index in [2.05, 4.69) is 9.98 Å².